The second kappa shape index (κ2) is 8.81. The first-order chi connectivity index (χ1) is 15.0. The van der Waals surface area contributed by atoms with Gasteiger partial charge in [0.2, 0.25) is 0 Å². The number of primary amides is 1. The van der Waals surface area contributed by atoms with Gasteiger partial charge in [0.05, 0.1) is 28.5 Å². The van der Waals surface area contributed by atoms with Crippen LogP contribution in [-0.4, -0.2) is 47.0 Å². The largest absolute Gasteiger partial charge is 0.365 e. The van der Waals surface area contributed by atoms with Crippen LogP contribution in [0.1, 0.15) is 36.0 Å². The number of carbonyl (C=O) groups is 1. The van der Waals surface area contributed by atoms with Crippen molar-refractivity contribution < 1.29 is 9.18 Å². The van der Waals surface area contributed by atoms with Crippen LogP contribution in [0, 0.1) is 5.82 Å². The van der Waals surface area contributed by atoms with Crippen LogP contribution in [0.2, 0.25) is 0 Å². The molecule has 1 amide bonds. The third-order valence-electron chi connectivity index (χ3n) is 5.87. The lowest BCUT2D eigenvalue weighted by Crippen LogP contribution is -2.50. The van der Waals surface area contributed by atoms with Crippen molar-refractivity contribution in [3.05, 3.63) is 48.0 Å². The minimum Gasteiger partial charge on any atom is -0.365 e. The van der Waals surface area contributed by atoms with Crippen LogP contribution in [-0.2, 0) is 0 Å². The van der Waals surface area contributed by atoms with Crippen LogP contribution < -0.4 is 21.3 Å². The summed E-state index contributed by atoms with van der Waals surface area (Å²) < 4.78 is 15.0. The summed E-state index contributed by atoms with van der Waals surface area (Å²) in [4.78, 5) is 27.0. The van der Waals surface area contributed by atoms with Gasteiger partial charge in [0.1, 0.15) is 5.82 Å². The third-order valence-corrected chi connectivity index (χ3v) is 5.87. The summed E-state index contributed by atoms with van der Waals surface area (Å²) in [6, 6.07) is 6.93. The van der Waals surface area contributed by atoms with Crippen LogP contribution in [0.5, 0.6) is 0 Å². The van der Waals surface area contributed by atoms with Gasteiger partial charge in [0, 0.05) is 25.3 Å². The van der Waals surface area contributed by atoms with Gasteiger partial charge in [-0.15, -0.1) is 0 Å². The summed E-state index contributed by atoms with van der Waals surface area (Å²) in [5, 5.41) is 6.40. The van der Waals surface area contributed by atoms with Crippen molar-refractivity contribution in [2.45, 2.75) is 37.8 Å². The summed E-state index contributed by atoms with van der Waals surface area (Å²) in [6.07, 6.45) is 7.46. The van der Waals surface area contributed by atoms with Crippen molar-refractivity contribution in [1.29, 1.82) is 0 Å². The van der Waals surface area contributed by atoms with Gasteiger partial charge < -0.3 is 21.3 Å². The number of carbonyl (C=O) groups excluding carboxylic acids is 1. The molecule has 3 heterocycles. The van der Waals surface area contributed by atoms with E-state index in [1.54, 1.807) is 24.5 Å². The van der Waals surface area contributed by atoms with E-state index in [0.717, 1.165) is 37.3 Å². The molecule has 0 aromatic carbocycles. The fourth-order valence-corrected chi connectivity index (χ4v) is 4.24. The molecule has 3 aromatic heterocycles. The molecule has 1 fully saturated rings. The lowest BCUT2D eigenvalue weighted by atomic mass is 9.89. The summed E-state index contributed by atoms with van der Waals surface area (Å²) >= 11 is 0. The first kappa shape index (κ1) is 20.9. The van der Waals surface area contributed by atoms with Crippen LogP contribution in [0.25, 0.3) is 11.0 Å². The fraction of sp³-hybridized carbons (Fsp3) is 0.364. The van der Waals surface area contributed by atoms with E-state index in [2.05, 4.69) is 25.6 Å². The van der Waals surface area contributed by atoms with Gasteiger partial charge in [-0.3, -0.25) is 14.8 Å². The number of pyridine rings is 3. The number of rotatable bonds is 6. The highest BCUT2D eigenvalue weighted by Crippen LogP contribution is 2.30. The SMILES string of the molecule is CNC1CCCCC1N(C)c1nc(Nc2cnc3cccnc3c2)c(C(N)=O)cc1F. The minimum absolute atomic E-state index is 0.0235. The maximum atomic E-state index is 15.0. The van der Waals surface area contributed by atoms with E-state index in [9.17, 15) is 9.18 Å². The maximum Gasteiger partial charge on any atom is 0.252 e. The maximum absolute atomic E-state index is 15.0. The van der Waals surface area contributed by atoms with E-state index in [0.29, 0.717) is 11.2 Å². The molecule has 4 rings (SSSR count). The van der Waals surface area contributed by atoms with Gasteiger partial charge in [-0.25, -0.2) is 9.37 Å². The molecule has 3 aromatic rings. The van der Waals surface area contributed by atoms with Gasteiger partial charge in [-0.2, -0.15) is 0 Å². The van der Waals surface area contributed by atoms with Crippen LogP contribution in [0.4, 0.5) is 21.7 Å². The average Bonchev–Trinajstić information content (AvgIpc) is 2.79. The van der Waals surface area contributed by atoms with Crippen LogP contribution >= 0.6 is 0 Å². The molecule has 9 heteroatoms. The van der Waals surface area contributed by atoms with E-state index in [1.807, 2.05) is 25.1 Å². The van der Waals surface area contributed by atoms with Gasteiger partial charge in [-0.1, -0.05) is 12.8 Å². The number of aromatic nitrogens is 3. The number of nitrogens with two attached hydrogens (primary N) is 1. The van der Waals surface area contributed by atoms with Crippen molar-refractivity contribution in [2.75, 3.05) is 24.3 Å². The van der Waals surface area contributed by atoms with E-state index >= 15 is 0 Å². The second-order valence-electron chi connectivity index (χ2n) is 7.80. The van der Waals surface area contributed by atoms with Crippen LogP contribution in [0.15, 0.2) is 36.7 Å². The number of nitrogens with zero attached hydrogens (tertiary/aromatic N) is 4. The number of hydrogen-bond donors (Lipinski definition) is 3. The zero-order valence-electron chi connectivity index (χ0n) is 17.6. The Balaban J connectivity index is 1.71. The summed E-state index contributed by atoms with van der Waals surface area (Å²) in [5.74, 6) is -0.988. The molecule has 8 nitrogen and oxygen atoms in total. The normalized spacial score (nSPS) is 18.7. The highest BCUT2D eigenvalue weighted by Gasteiger charge is 2.30. The molecular weight excluding hydrogens is 397 g/mol. The van der Waals surface area contributed by atoms with Crippen molar-refractivity contribution in [1.82, 2.24) is 20.3 Å². The van der Waals surface area contributed by atoms with E-state index in [1.165, 1.54) is 0 Å². The van der Waals surface area contributed by atoms with E-state index < -0.39 is 11.7 Å². The average molecular weight is 423 g/mol. The highest BCUT2D eigenvalue weighted by atomic mass is 19.1. The number of hydrogen-bond acceptors (Lipinski definition) is 7. The Morgan fingerprint density at radius 1 is 1.23 bits per heavy atom. The van der Waals surface area contributed by atoms with Gasteiger partial charge in [0.15, 0.2) is 11.6 Å². The second-order valence-corrected chi connectivity index (χ2v) is 7.80. The third kappa shape index (κ3) is 4.27. The predicted octanol–water partition coefficient (Wildman–Crippen LogP) is 2.97. The number of likely N-dealkylation sites (N-methyl/N-ethyl adjacent to an activating group) is 2. The van der Waals surface area contributed by atoms with Gasteiger partial charge in [0.25, 0.3) is 5.91 Å². The Morgan fingerprint density at radius 2 is 2.03 bits per heavy atom. The highest BCUT2D eigenvalue weighted by molar-refractivity contribution is 5.98. The monoisotopic (exact) mass is 423 g/mol. The summed E-state index contributed by atoms with van der Waals surface area (Å²) in [7, 11) is 3.76. The quantitative estimate of drug-likeness (QED) is 0.559. The van der Waals surface area contributed by atoms with E-state index in [-0.39, 0.29) is 29.3 Å². The Bertz CT molecular complexity index is 1110. The number of fused-ring (bicyclic) bond motifs is 1. The molecule has 4 N–H and O–H groups in total. The van der Waals surface area contributed by atoms with Crippen molar-refractivity contribution in [2.24, 2.45) is 5.73 Å². The van der Waals surface area contributed by atoms with E-state index in [4.69, 9.17) is 5.73 Å². The van der Waals surface area contributed by atoms with Crippen LogP contribution in [0.3, 0.4) is 0 Å². The Kier molecular flexibility index (Phi) is 5.94. The predicted molar refractivity (Wildman–Crippen MR) is 119 cm³/mol. The molecule has 0 saturated heterocycles. The lowest BCUT2D eigenvalue weighted by Gasteiger charge is -2.38. The molecule has 2 unspecified atom stereocenters. The molecule has 2 atom stereocenters. The Hall–Kier alpha value is -3.33. The Labute approximate surface area is 180 Å². The smallest absolute Gasteiger partial charge is 0.252 e. The topological polar surface area (TPSA) is 109 Å². The molecule has 0 radical (unpaired) electrons. The molecule has 162 valence electrons. The minimum atomic E-state index is -0.763. The fourth-order valence-electron chi connectivity index (χ4n) is 4.24. The number of halogens is 1. The molecule has 1 aliphatic carbocycles. The first-order valence-electron chi connectivity index (χ1n) is 10.4. The molecule has 0 bridgehead atoms. The molecule has 1 aliphatic rings. The number of amides is 1. The molecule has 1 saturated carbocycles. The van der Waals surface area contributed by atoms with Gasteiger partial charge >= 0.3 is 0 Å². The summed E-state index contributed by atoms with van der Waals surface area (Å²) in [5.41, 5.74) is 7.48. The zero-order valence-corrected chi connectivity index (χ0v) is 17.6. The molecular formula is C22H26FN7O. The lowest BCUT2D eigenvalue weighted by molar-refractivity contribution is 0.100. The zero-order chi connectivity index (χ0) is 22.0. The first-order valence-corrected chi connectivity index (χ1v) is 10.4. The number of nitrogens with one attached hydrogen (secondary N) is 2. The van der Waals surface area contributed by atoms with Crippen molar-refractivity contribution in [3.63, 3.8) is 0 Å². The van der Waals surface area contributed by atoms with Crippen molar-refractivity contribution >= 4 is 34.3 Å². The molecule has 31 heavy (non-hydrogen) atoms. The molecule has 0 spiro atoms. The van der Waals surface area contributed by atoms with Gasteiger partial charge in [-0.05, 0) is 44.2 Å². The number of anilines is 3. The Morgan fingerprint density at radius 3 is 2.81 bits per heavy atom. The summed E-state index contributed by atoms with van der Waals surface area (Å²) in [6.45, 7) is 0. The molecule has 0 aliphatic heterocycles. The standard InChI is InChI=1S/C22H26FN7O/c1-25-17-6-3-4-8-19(17)30(2)22-15(23)11-14(20(24)31)21(29-22)28-13-10-18-16(27-12-13)7-5-9-26-18/h5,7,9-12,17,19,25H,3-4,6,8H2,1-2H3,(H2,24,31)(H,28,29). The van der Waals surface area contributed by atoms with Crippen molar-refractivity contribution in [3.8, 4) is 0 Å².